The second-order valence-electron chi connectivity index (χ2n) is 13.2. The molecule has 1 N–H and O–H groups in total. The number of nitrogens with zero attached hydrogens (tertiary/aromatic N) is 2. The molecule has 6 aliphatic rings. The average molecular weight is 548 g/mol. The van der Waals surface area contributed by atoms with Gasteiger partial charge < -0.3 is 14.5 Å². The molecule has 0 saturated heterocycles. The van der Waals surface area contributed by atoms with Crippen LogP contribution in [0.15, 0.2) is 107 Å². The lowest BCUT2D eigenvalue weighted by atomic mass is 9.15. The number of rotatable bonds is 4. The minimum Gasteiger partial charge on any atom is -0.466 e. The number of pyridine rings is 1. The minimum atomic E-state index is -0.234. The van der Waals surface area contributed by atoms with Gasteiger partial charge in [0.2, 0.25) is 5.71 Å². The summed E-state index contributed by atoms with van der Waals surface area (Å²) in [5.41, 5.74) is 8.22. The SMILES string of the molecule is C1=C2c3ccccc3OC2NC(N(c2ccc(C3C4CC5CC6CC3C564)cc2)c2cnc3oc4ccccc4c3c2)=C1. The fourth-order valence-electron chi connectivity index (χ4n) is 10.2. The first-order valence-electron chi connectivity index (χ1n) is 15.4. The van der Waals surface area contributed by atoms with Crippen LogP contribution in [0.2, 0.25) is 0 Å². The zero-order valence-corrected chi connectivity index (χ0v) is 23.0. The number of hydrogen-bond donors (Lipinski definition) is 1. The van der Waals surface area contributed by atoms with E-state index in [9.17, 15) is 0 Å². The molecule has 4 fully saturated rings. The van der Waals surface area contributed by atoms with Crippen LogP contribution < -0.4 is 15.0 Å². The second-order valence-corrected chi connectivity index (χ2v) is 13.2. The molecule has 5 nitrogen and oxygen atoms in total. The number of hydrogen-bond acceptors (Lipinski definition) is 5. The van der Waals surface area contributed by atoms with Gasteiger partial charge in [0.25, 0.3) is 0 Å². The molecule has 4 heterocycles. The molecule has 5 unspecified atom stereocenters. The van der Waals surface area contributed by atoms with Crippen molar-refractivity contribution in [2.45, 2.75) is 31.4 Å². The summed E-state index contributed by atoms with van der Waals surface area (Å²) < 4.78 is 12.4. The minimum absolute atomic E-state index is 0.234. The van der Waals surface area contributed by atoms with Crippen LogP contribution in [0.3, 0.4) is 0 Å². The van der Waals surface area contributed by atoms with Crippen molar-refractivity contribution in [3.05, 3.63) is 114 Å². The van der Waals surface area contributed by atoms with E-state index in [2.05, 4.69) is 77.0 Å². The zero-order chi connectivity index (χ0) is 27.2. The number of allylic oxidation sites excluding steroid dienone is 2. The van der Waals surface area contributed by atoms with Gasteiger partial charge in [-0.25, -0.2) is 4.98 Å². The van der Waals surface area contributed by atoms with Gasteiger partial charge >= 0.3 is 0 Å². The summed E-state index contributed by atoms with van der Waals surface area (Å²) in [5.74, 6) is 6.64. The van der Waals surface area contributed by atoms with Gasteiger partial charge in [0.05, 0.1) is 17.3 Å². The average Bonchev–Trinajstić information content (AvgIpc) is 3.54. The first-order chi connectivity index (χ1) is 20.8. The molecule has 4 saturated carbocycles. The zero-order valence-electron chi connectivity index (χ0n) is 23.0. The van der Waals surface area contributed by atoms with Gasteiger partial charge in [0.1, 0.15) is 17.2 Å². The Balaban J connectivity index is 1.01. The van der Waals surface area contributed by atoms with E-state index in [1.54, 1.807) is 0 Å². The molecule has 0 amide bonds. The Morgan fingerprint density at radius 1 is 0.810 bits per heavy atom. The van der Waals surface area contributed by atoms with Crippen LogP contribution in [0.5, 0.6) is 5.75 Å². The smallest absolute Gasteiger partial charge is 0.227 e. The summed E-state index contributed by atoms with van der Waals surface area (Å²) in [7, 11) is 0. The molecule has 42 heavy (non-hydrogen) atoms. The van der Waals surface area contributed by atoms with Gasteiger partial charge in [-0.2, -0.15) is 0 Å². The van der Waals surface area contributed by atoms with E-state index in [0.29, 0.717) is 5.71 Å². The molecule has 5 atom stereocenters. The van der Waals surface area contributed by atoms with E-state index in [-0.39, 0.29) is 6.23 Å². The molecule has 4 aliphatic carbocycles. The number of aromatic nitrogens is 1. The maximum Gasteiger partial charge on any atom is 0.227 e. The van der Waals surface area contributed by atoms with E-state index >= 15 is 0 Å². The molecular weight excluding hydrogens is 518 g/mol. The van der Waals surface area contributed by atoms with Crippen molar-refractivity contribution in [2.24, 2.45) is 29.1 Å². The largest absolute Gasteiger partial charge is 0.466 e. The van der Waals surface area contributed by atoms with Gasteiger partial charge in [0.15, 0.2) is 6.23 Å². The lowest BCUT2D eigenvalue weighted by Gasteiger charge is -2.89. The third kappa shape index (κ3) is 2.52. The summed E-state index contributed by atoms with van der Waals surface area (Å²) in [5, 5.41) is 5.79. The highest BCUT2D eigenvalue weighted by Gasteiger charge is 2.84. The number of ether oxygens (including phenoxy) is 1. The van der Waals surface area contributed by atoms with Crippen LogP contribution in [0.4, 0.5) is 11.4 Å². The van der Waals surface area contributed by atoms with Gasteiger partial charge in [-0.15, -0.1) is 0 Å². The van der Waals surface area contributed by atoms with Gasteiger partial charge in [-0.3, -0.25) is 4.90 Å². The van der Waals surface area contributed by atoms with Crippen molar-refractivity contribution in [3.8, 4) is 5.75 Å². The van der Waals surface area contributed by atoms with Gasteiger partial charge in [-0.1, -0.05) is 48.5 Å². The topological polar surface area (TPSA) is 50.5 Å². The van der Waals surface area contributed by atoms with Crippen LogP contribution in [-0.2, 0) is 0 Å². The van der Waals surface area contributed by atoms with E-state index in [0.717, 1.165) is 85.4 Å². The lowest BCUT2D eigenvalue weighted by molar-refractivity contribution is -0.390. The molecular formula is C37H29N3O2. The predicted molar refractivity (Wildman–Crippen MR) is 163 cm³/mol. The van der Waals surface area contributed by atoms with Crippen molar-refractivity contribution < 1.29 is 9.15 Å². The van der Waals surface area contributed by atoms with E-state index in [1.807, 2.05) is 30.5 Å². The highest BCUT2D eigenvalue weighted by Crippen LogP contribution is 2.91. The fraction of sp³-hybridized carbons (Fsp3) is 0.270. The lowest BCUT2D eigenvalue weighted by Crippen LogP contribution is -2.82. The van der Waals surface area contributed by atoms with Gasteiger partial charge in [-0.05, 0) is 102 Å². The first-order valence-corrected chi connectivity index (χ1v) is 15.4. The quantitative estimate of drug-likeness (QED) is 0.246. The Morgan fingerprint density at radius 3 is 2.48 bits per heavy atom. The van der Waals surface area contributed by atoms with Crippen LogP contribution in [0.25, 0.3) is 27.6 Å². The Hall–Kier alpha value is -4.51. The Morgan fingerprint density at radius 2 is 1.62 bits per heavy atom. The molecule has 2 aliphatic heterocycles. The van der Waals surface area contributed by atoms with E-state index < -0.39 is 0 Å². The number of para-hydroxylation sites is 2. The number of anilines is 2. The number of fused-ring (bicyclic) bond motifs is 6. The highest BCUT2D eigenvalue weighted by atomic mass is 16.5. The monoisotopic (exact) mass is 547 g/mol. The van der Waals surface area contributed by atoms with Crippen molar-refractivity contribution in [1.29, 1.82) is 0 Å². The van der Waals surface area contributed by atoms with Crippen LogP contribution in [-0.4, -0.2) is 11.2 Å². The Kier molecular flexibility index (Phi) is 3.93. The molecule has 2 aromatic heterocycles. The third-order valence-electron chi connectivity index (χ3n) is 11.9. The van der Waals surface area contributed by atoms with E-state index in [1.165, 1.54) is 24.8 Å². The number of dihydropyridines is 1. The summed E-state index contributed by atoms with van der Waals surface area (Å²) in [6.45, 7) is 0. The predicted octanol–water partition coefficient (Wildman–Crippen LogP) is 8.13. The molecule has 0 bridgehead atoms. The maximum absolute atomic E-state index is 6.34. The molecule has 11 rings (SSSR count). The number of furan rings is 1. The molecule has 5 aromatic rings. The number of benzene rings is 3. The molecule has 0 radical (unpaired) electrons. The highest BCUT2D eigenvalue weighted by molar-refractivity contribution is 6.04. The maximum atomic E-state index is 6.34. The Labute approximate surface area is 243 Å². The molecule has 204 valence electrons. The summed E-state index contributed by atoms with van der Waals surface area (Å²) in [6, 6.07) is 28.0. The summed E-state index contributed by atoms with van der Waals surface area (Å²) in [4.78, 5) is 7.05. The van der Waals surface area contributed by atoms with Crippen LogP contribution >= 0.6 is 0 Å². The van der Waals surface area contributed by atoms with Gasteiger partial charge in [0, 0.05) is 22.2 Å². The first kappa shape index (κ1) is 22.1. The van der Waals surface area contributed by atoms with Crippen molar-refractivity contribution in [2.75, 3.05) is 4.90 Å². The Bertz CT molecular complexity index is 2020. The second kappa shape index (κ2) is 7.46. The number of nitrogens with one attached hydrogen (secondary N) is 1. The summed E-state index contributed by atoms with van der Waals surface area (Å²) in [6.07, 6.45) is 10.5. The van der Waals surface area contributed by atoms with Crippen molar-refractivity contribution >= 4 is 39.0 Å². The standard InChI is InChI=1S/C37H29N3O2/c1-3-7-31-25(5-1)27-13-14-33(39-36(27)42-31)40(24-18-28-26-6-2-4-8-32(26)41-35(28)38-19-24)23-11-9-20(10-12-23)34-29-16-21-15-22-17-30(34)37(21,22)29/h1-14,18-19,21-22,29-30,34,36,39H,15-17H2. The molecule has 3 aromatic carbocycles. The molecule has 5 heteroatoms. The third-order valence-corrected chi connectivity index (χ3v) is 11.9. The van der Waals surface area contributed by atoms with Crippen molar-refractivity contribution in [3.63, 3.8) is 0 Å². The molecule has 1 spiro atoms. The fourth-order valence-corrected chi connectivity index (χ4v) is 10.2. The van der Waals surface area contributed by atoms with Crippen LogP contribution in [0, 0.1) is 29.1 Å². The summed E-state index contributed by atoms with van der Waals surface area (Å²) >= 11 is 0. The van der Waals surface area contributed by atoms with E-state index in [4.69, 9.17) is 14.1 Å². The normalized spacial score (nSPS) is 32.3. The van der Waals surface area contributed by atoms with Crippen molar-refractivity contribution in [1.82, 2.24) is 10.3 Å². The van der Waals surface area contributed by atoms with Crippen LogP contribution in [0.1, 0.15) is 36.3 Å².